The number of aliphatic hydroxyl groups is 2. The lowest BCUT2D eigenvalue weighted by molar-refractivity contribution is -0.130. The first-order chi connectivity index (χ1) is 17.4. The van der Waals surface area contributed by atoms with Gasteiger partial charge >= 0.3 is 17.9 Å². The van der Waals surface area contributed by atoms with Gasteiger partial charge in [0.05, 0.1) is 16.7 Å². The van der Waals surface area contributed by atoms with Gasteiger partial charge in [0, 0.05) is 6.54 Å². The predicted molar refractivity (Wildman–Crippen MR) is 127 cm³/mol. The van der Waals surface area contributed by atoms with E-state index in [0.29, 0.717) is 0 Å². The summed E-state index contributed by atoms with van der Waals surface area (Å²) in [6.07, 6.45) is -7.47. The Labute approximate surface area is 207 Å². The molecule has 0 aliphatic carbocycles. The van der Waals surface area contributed by atoms with E-state index < -0.39 is 48.6 Å². The molecule has 9 nitrogen and oxygen atoms in total. The van der Waals surface area contributed by atoms with Gasteiger partial charge in [-0.25, -0.2) is 14.4 Å². The van der Waals surface area contributed by atoms with Crippen LogP contribution in [0.1, 0.15) is 31.1 Å². The number of rotatable bonds is 6. The Morgan fingerprint density at radius 1 is 0.583 bits per heavy atom. The van der Waals surface area contributed by atoms with Crippen molar-refractivity contribution in [3.05, 3.63) is 108 Å². The van der Waals surface area contributed by atoms with Gasteiger partial charge in [-0.1, -0.05) is 54.6 Å². The molecule has 1 fully saturated rings. The SMILES string of the molecule is O=C(O[C@@H]1[C@@H](OC(=O)c2ccccc2)[C@H](O)NC[C@@H](O)[C@H]1OC(=O)c1ccccc1)c1ccccc1. The van der Waals surface area contributed by atoms with Gasteiger partial charge in [-0.3, -0.25) is 5.32 Å². The maximum atomic E-state index is 13.0. The van der Waals surface area contributed by atoms with E-state index in [1.165, 1.54) is 36.4 Å². The summed E-state index contributed by atoms with van der Waals surface area (Å²) >= 11 is 0. The molecule has 0 saturated carbocycles. The molecule has 0 bridgehead atoms. The van der Waals surface area contributed by atoms with Gasteiger partial charge in [0.25, 0.3) is 0 Å². The van der Waals surface area contributed by atoms with Crippen LogP contribution in [0, 0.1) is 0 Å². The number of benzene rings is 3. The van der Waals surface area contributed by atoms with E-state index >= 15 is 0 Å². The molecule has 4 rings (SSSR count). The van der Waals surface area contributed by atoms with E-state index in [2.05, 4.69) is 5.32 Å². The Balaban J connectivity index is 1.67. The zero-order valence-electron chi connectivity index (χ0n) is 19.1. The van der Waals surface area contributed by atoms with Crippen molar-refractivity contribution in [3.63, 3.8) is 0 Å². The van der Waals surface area contributed by atoms with Crippen LogP contribution in [0.5, 0.6) is 0 Å². The van der Waals surface area contributed by atoms with Crippen LogP contribution in [-0.4, -0.2) is 65.3 Å². The van der Waals surface area contributed by atoms with Crippen LogP contribution < -0.4 is 5.32 Å². The summed E-state index contributed by atoms with van der Waals surface area (Å²) in [4.78, 5) is 38.6. The quantitative estimate of drug-likeness (QED) is 0.350. The molecule has 3 aromatic rings. The smallest absolute Gasteiger partial charge is 0.338 e. The van der Waals surface area contributed by atoms with Crippen LogP contribution in [0.3, 0.4) is 0 Å². The summed E-state index contributed by atoms with van der Waals surface area (Å²) in [5.41, 5.74) is 0.578. The van der Waals surface area contributed by atoms with Crippen LogP contribution in [-0.2, 0) is 14.2 Å². The van der Waals surface area contributed by atoms with Gasteiger partial charge in [0.15, 0.2) is 18.3 Å². The van der Waals surface area contributed by atoms with Gasteiger partial charge in [-0.05, 0) is 36.4 Å². The average Bonchev–Trinajstić information content (AvgIpc) is 3.02. The van der Waals surface area contributed by atoms with Gasteiger partial charge in [0.2, 0.25) is 0 Å². The Bertz CT molecular complexity index is 1100. The number of carbonyl (C=O) groups is 3. The highest BCUT2D eigenvalue weighted by atomic mass is 16.6. The Kier molecular flexibility index (Phi) is 8.06. The minimum atomic E-state index is -1.54. The van der Waals surface area contributed by atoms with Crippen molar-refractivity contribution in [3.8, 4) is 0 Å². The molecule has 0 spiro atoms. The first-order valence-corrected chi connectivity index (χ1v) is 11.3. The van der Waals surface area contributed by atoms with E-state index in [4.69, 9.17) is 14.2 Å². The molecule has 3 aromatic carbocycles. The number of hydrogen-bond acceptors (Lipinski definition) is 9. The second kappa shape index (κ2) is 11.6. The van der Waals surface area contributed by atoms with Crippen LogP contribution in [0.15, 0.2) is 91.0 Å². The molecule has 0 amide bonds. The number of esters is 3. The predicted octanol–water partition coefficient (Wildman–Crippen LogP) is 1.95. The van der Waals surface area contributed by atoms with Crippen LogP contribution in [0.25, 0.3) is 0 Å². The minimum absolute atomic E-state index is 0.181. The number of carbonyl (C=O) groups excluding carboxylic acids is 3. The third-order valence-corrected chi connectivity index (χ3v) is 5.63. The third-order valence-electron chi connectivity index (χ3n) is 5.63. The van der Waals surface area contributed by atoms with Crippen molar-refractivity contribution in [2.45, 2.75) is 30.6 Å². The molecule has 5 atom stereocenters. The lowest BCUT2D eigenvalue weighted by Gasteiger charge is -2.33. The van der Waals surface area contributed by atoms with E-state index in [0.717, 1.165) is 0 Å². The number of β-amino-alcohol motifs (C(OH)–C–C–N with tert-alkyl or cyclic N) is 1. The summed E-state index contributed by atoms with van der Waals surface area (Å²) in [6.45, 7) is -0.229. The molecule has 1 saturated heterocycles. The van der Waals surface area contributed by atoms with Crippen LogP contribution in [0.4, 0.5) is 0 Å². The standard InChI is InChI=1S/C27H25NO8/c29-20-16-28-24(30)23(36-27(33)19-14-8-3-9-15-19)22(35-26(32)18-12-6-2-7-13-18)21(20)34-25(31)17-10-4-1-5-11-17/h1-15,20-24,28-30H,16H2/t20-,21-,22+,23-,24+/m1/s1. The van der Waals surface area contributed by atoms with E-state index in [1.54, 1.807) is 54.6 Å². The fourth-order valence-corrected chi connectivity index (χ4v) is 3.77. The highest BCUT2D eigenvalue weighted by molar-refractivity contribution is 5.91. The summed E-state index contributed by atoms with van der Waals surface area (Å²) in [5, 5.41) is 24.2. The largest absolute Gasteiger partial charge is 0.452 e. The normalized spacial score (nSPS) is 23.7. The molecule has 36 heavy (non-hydrogen) atoms. The monoisotopic (exact) mass is 491 g/mol. The van der Waals surface area contributed by atoms with Gasteiger partial charge < -0.3 is 24.4 Å². The molecule has 1 heterocycles. The zero-order valence-corrected chi connectivity index (χ0v) is 19.1. The van der Waals surface area contributed by atoms with Crippen molar-refractivity contribution in [2.75, 3.05) is 6.54 Å². The molecule has 0 aromatic heterocycles. The van der Waals surface area contributed by atoms with Crippen molar-refractivity contribution in [1.29, 1.82) is 0 Å². The first-order valence-electron chi connectivity index (χ1n) is 11.3. The lowest BCUT2D eigenvalue weighted by Crippen LogP contribution is -2.53. The summed E-state index contributed by atoms with van der Waals surface area (Å²) in [5.74, 6) is -2.40. The molecule has 186 valence electrons. The highest BCUT2D eigenvalue weighted by Gasteiger charge is 2.48. The number of nitrogens with one attached hydrogen (secondary N) is 1. The van der Waals surface area contributed by atoms with Crippen LogP contribution in [0.2, 0.25) is 0 Å². The minimum Gasteiger partial charge on any atom is -0.452 e. The van der Waals surface area contributed by atoms with Crippen molar-refractivity contribution >= 4 is 17.9 Å². The zero-order chi connectivity index (χ0) is 25.5. The second-order valence-corrected chi connectivity index (χ2v) is 8.13. The van der Waals surface area contributed by atoms with E-state index in [9.17, 15) is 24.6 Å². The number of aliphatic hydroxyl groups excluding tert-OH is 2. The molecule has 1 aliphatic heterocycles. The molecular formula is C27H25NO8. The van der Waals surface area contributed by atoms with E-state index in [1.807, 2.05) is 0 Å². The van der Waals surface area contributed by atoms with Crippen molar-refractivity contribution < 1.29 is 38.8 Å². The van der Waals surface area contributed by atoms with Gasteiger partial charge in [0.1, 0.15) is 12.3 Å². The number of ether oxygens (including phenoxy) is 3. The van der Waals surface area contributed by atoms with Crippen molar-refractivity contribution in [1.82, 2.24) is 5.32 Å². The summed E-state index contributed by atoms with van der Waals surface area (Å²) in [6, 6.07) is 24.1. The Morgan fingerprint density at radius 3 is 1.36 bits per heavy atom. The molecule has 3 N–H and O–H groups in total. The molecule has 9 heteroatoms. The van der Waals surface area contributed by atoms with Crippen molar-refractivity contribution in [2.24, 2.45) is 0 Å². The first kappa shape index (κ1) is 25.1. The molecule has 0 radical (unpaired) electrons. The fourth-order valence-electron chi connectivity index (χ4n) is 3.77. The third kappa shape index (κ3) is 5.95. The van der Waals surface area contributed by atoms with Gasteiger partial charge in [-0.15, -0.1) is 0 Å². The Morgan fingerprint density at radius 2 is 0.944 bits per heavy atom. The second-order valence-electron chi connectivity index (χ2n) is 8.13. The van der Waals surface area contributed by atoms with E-state index in [-0.39, 0.29) is 23.2 Å². The Hall–Kier alpha value is -4.05. The summed E-state index contributed by atoms with van der Waals surface area (Å²) < 4.78 is 16.8. The number of hydrogen-bond donors (Lipinski definition) is 3. The molecule has 0 unspecified atom stereocenters. The van der Waals surface area contributed by atoms with Crippen LogP contribution >= 0.6 is 0 Å². The topological polar surface area (TPSA) is 131 Å². The maximum Gasteiger partial charge on any atom is 0.338 e. The molecular weight excluding hydrogens is 466 g/mol. The fraction of sp³-hybridized carbons (Fsp3) is 0.222. The average molecular weight is 491 g/mol. The summed E-state index contributed by atoms with van der Waals surface area (Å²) in [7, 11) is 0. The maximum absolute atomic E-state index is 13.0. The highest BCUT2D eigenvalue weighted by Crippen LogP contribution is 2.24. The lowest BCUT2D eigenvalue weighted by atomic mass is 10.0. The van der Waals surface area contributed by atoms with Gasteiger partial charge in [-0.2, -0.15) is 0 Å². The molecule has 1 aliphatic rings.